The number of carbonyl (C=O) groups excluding carboxylic acids is 1. The lowest BCUT2D eigenvalue weighted by Crippen LogP contribution is -2.42. The monoisotopic (exact) mass is 227 g/mol. The van der Waals surface area contributed by atoms with Gasteiger partial charge in [0.05, 0.1) is 5.92 Å². The first-order valence-electron chi connectivity index (χ1n) is 6.17. The molecule has 4 nitrogen and oxygen atoms in total. The van der Waals surface area contributed by atoms with Crippen LogP contribution in [0.15, 0.2) is 0 Å². The lowest BCUT2D eigenvalue weighted by atomic mass is 9.95. The molecule has 16 heavy (non-hydrogen) atoms. The van der Waals surface area contributed by atoms with Crippen molar-refractivity contribution >= 4 is 11.9 Å². The van der Waals surface area contributed by atoms with E-state index in [-0.39, 0.29) is 11.9 Å². The number of amides is 1. The van der Waals surface area contributed by atoms with Crippen molar-refractivity contribution in [3.63, 3.8) is 0 Å². The number of carboxylic acids is 1. The Hall–Kier alpha value is -1.06. The fraction of sp³-hybridized carbons (Fsp3) is 0.833. The Morgan fingerprint density at radius 1 is 1.25 bits per heavy atom. The van der Waals surface area contributed by atoms with Crippen molar-refractivity contribution in [1.29, 1.82) is 0 Å². The summed E-state index contributed by atoms with van der Waals surface area (Å²) >= 11 is 0. The molecule has 1 saturated carbocycles. The average molecular weight is 227 g/mol. The number of nitrogens with one attached hydrogen (secondary N) is 1. The maximum Gasteiger partial charge on any atom is 0.308 e. The van der Waals surface area contributed by atoms with Crippen LogP contribution in [0.2, 0.25) is 0 Å². The molecular weight excluding hydrogens is 206 g/mol. The number of hydrogen-bond donors (Lipinski definition) is 2. The van der Waals surface area contributed by atoms with Crippen LogP contribution < -0.4 is 5.32 Å². The van der Waals surface area contributed by atoms with Gasteiger partial charge in [-0.2, -0.15) is 0 Å². The highest BCUT2D eigenvalue weighted by Gasteiger charge is 2.30. The van der Waals surface area contributed by atoms with Crippen LogP contribution >= 0.6 is 0 Å². The number of aliphatic carboxylic acids is 1. The second kappa shape index (κ2) is 6.51. The molecule has 0 aliphatic heterocycles. The lowest BCUT2D eigenvalue weighted by molar-refractivity contribution is -0.143. The van der Waals surface area contributed by atoms with Crippen molar-refractivity contribution in [3.8, 4) is 0 Å². The van der Waals surface area contributed by atoms with Crippen LogP contribution in [0, 0.1) is 5.92 Å². The molecule has 0 aromatic carbocycles. The number of hydrogen-bond acceptors (Lipinski definition) is 2. The first-order valence-corrected chi connectivity index (χ1v) is 6.17. The van der Waals surface area contributed by atoms with Crippen molar-refractivity contribution < 1.29 is 14.7 Å². The van der Waals surface area contributed by atoms with Gasteiger partial charge in [0.1, 0.15) is 0 Å². The van der Waals surface area contributed by atoms with Gasteiger partial charge in [-0.3, -0.25) is 9.59 Å². The van der Waals surface area contributed by atoms with Gasteiger partial charge in [0, 0.05) is 12.5 Å². The minimum atomic E-state index is -0.774. The van der Waals surface area contributed by atoms with E-state index in [1.807, 2.05) is 6.92 Å². The van der Waals surface area contributed by atoms with Crippen molar-refractivity contribution in [2.75, 3.05) is 0 Å². The van der Waals surface area contributed by atoms with Crippen LogP contribution in [0.4, 0.5) is 0 Å². The molecule has 0 radical (unpaired) electrons. The van der Waals surface area contributed by atoms with E-state index in [1.54, 1.807) is 0 Å². The van der Waals surface area contributed by atoms with Gasteiger partial charge in [-0.25, -0.2) is 0 Å². The summed E-state index contributed by atoms with van der Waals surface area (Å²) in [6, 6.07) is -0.168. The lowest BCUT2D eigenvalue weighted by Gasteiger charge is -2.22. The van der Waals surface area contributed by atoms with Crippen molar-refractivity contribution in [2.24, 2.45) is 5.92 Å². The quantitative estimate of drug-likeness (QED) is 0.721. The van der Waals surface area contributed by atoms with E-state index < -0.39 is 11.9 Å². The Bertz CT molecular complexity index is 253. The third kappa shape index (κ3) is 3.83. The molecule has 1 fully saturated rings. The van der Waals surface area contributed by atoms with E-state index in [1.165, 1.54) is 0 Å². The molecule has 2 unspecified atom stereocenters. The van der Waals surface area contributed by atoms with Crippen molar-refractivity contribution in [3.05, 3.63) is 0 Å². The van der Waals surface area contributed by atoms with E-state index in [4.69, 9.17) is 5.11 Å². The molecular formula is C12H21NO3. The van der Waals surface area contributed by atoms with Gasteiger partial charge in [-0.15, -0.1) is 0 Å². The molecule has 0 bridgehead atoms. The molecule has 4 heteroatoms. The molecule has 0 spiro atoms. The van der Waals surface area contributed by atoms with E-state index in [9.17, 15) is 9.59 Å². The largest absolute Gasteiger partial charge is 0.481 e. The van der Waals surface area contributed by atoms with Crippen LogP contribution in [0.5, 0.6) is 0 Å². The van der Waals surface area contributed by atoms with E-state index >= 15 is 0 Å². The van der Waals surface area contributed by atoms with Crippen LogP contribution in [0.25, 0.3) is 0 Å². The summed E-state index contributed by atoms with van der Waals surface area (Å²) in [5, 5.41) is 12.0. The summed E-state index contributed by atoms with van der Waals surface area (Å²) in [6.45, 7) is 1.95. The fourth-order valence-electron chi connectivity index (χ4n) is 2.28. The summed E-state index contributed by atoms with van der Waals surface area (Å²) in [6.07, 6.45) is 5.82. The Balaban J connectivity index is 2.57. The average Bonchev–Trinajstić information content (AvgIpc) is 2.43. The maximum atomic E-state index is 11.5. The normalized spacial score (nSPS) is 25.8. The minimum Gasteiger partial charge on any atom is -0.481 e. The zero-order chi connectivity index (χ0) is 12.0. The van der Waals surface area contributed by atoms with Crippen molar-refractivity contribution in [2.45, 2.75) is 57.9 Å². The van der Waals surface area contributed by atoms with Crippen LogP contribution in [0.3, 0.4) is 0 Å². The van der Waals surface area contributed by atoms with Crippen molar-refractivity contribution in [1.82, 2.24) is 5.32 Å². The molecule has 1 amide bonds. The summed E-state index contributed by atoms with van der Waals surface area (Å²) in [7, 11) is 0. The predicted molar refractivity (Wildman–Crippen MR) is 61.0 cm³/mol. The summed E-state index contributed by atoms with van der Waals surface area (Å²) in [5.41, 5.74) is 0. The molecule has 0 aromatic heterocycles. The highest BCUT2D eigenvalue weighted by Crippen LogP contribution is 2.23. The highest BCUT2D eigenvalue weighted by atomic mass is 16.4. The SMILES string of the molecule is CCCC(=O)NC1CCCCCC1C(=O)O. The molecule has 92 valence electrons. The Labute approximate surface area is 96.4 Å². The molecule has 2 N–H and O–H groups in total. The van der Waals surface area contributed by atoms with Crippen LogP contribution in [0.1, 0.15) is 51.9 Å². The van der Waals surface area contributed by atoms with Crippen LogP contribution in [-0.4, -0.2) is 23.0 Å². The molecule has 2 atom stereocenters. The van der Waals surface area contributed by atoms with Gasteiger partial charge in [0.2, 0.25) is 5.91 Å². The minimum absolute atomic E-state index is 0.0133. The zero-order valence-electron chi connectivity index (χ0n) is 9.87. The van der Waals surface area contributed by atoms with Gasteiger partial charge in [0.25, 0.3) is 0 Å². The molecule has 1 aliphatic carbocycles. The molecule has 1 rings (SSSR count). The first kappa shape index (κ1) is 13.0. The third-order valence-corrected chi connectivity index (χ3v) is 3.16. The second-order valence-electron chi connectivity index (χ2n) is 4.51. The standard InChI is InChI=1S/C12H21NO3/c1-2-6-11(14)13-10-8-5-3-4-7-9(10)12(15)16/h9-10H,2-8H2,1H3,(H,13,14)(H,15,16). The van der Waals surface area contributed by atoms with Gasteiger partial charge >= 0.3 is 5.97 Å². The summed E-state index contributed by atoms with van der Waals surface area (Å²) in [4.78, 5) is 22.6. The van der Waals surface area contributed by atoms with Crippen LogP contribution in [-0.2, 0) is 9.59 Å². The number of rotatable bonds is 4. The topological polar surface area (TPSA) is 66.4 Å². The van der Waals surface area contributed by atoms with E-state index in [2.05, 4.69) is 5.32 Å². The zero-order valence-corrected chi connectivity index (χ0v) is 9.87. The molecule has 0 aromatic rings. The maximum absolute atomic E-state index is 11.5. The second-order valence-corrected chi connectivity index (χ2v) is 4.51. The Morgan fingerprint density at radius 2 is 1.94 bits per heavy atom. The smallest absolute Gasteiger partial charge is 0.308 e. The van der Waals surface area contributed by atoms with E-state index in [0.29, 0.717) is 12.8 Å². The first-order chi connectivity index (χ1) is 7.65. The van der Waals surface area contributed by atoms with Gasteiger partial charge < -0.3 is 10.4 Å². The Kier molecular flexibility index (Phi) is 5.29. The molecule has 0 heterocycles. The summed E-state index contributed by atoms with van der Waals surface area (Å²) < 4.78 is 0. The molecule has 1 aliphatic rings. The van der Waals surface area contributed by atoms with Gasteiger partial charge in [0.15, 0.2) is 0 Å². The fourth-order valence-corrected chi connectivity index (χ4v) is 2.28. The van der Waals surface area contributed by atoms with Gasteiger partial charge in [-0.05, 0) is 19.3 Å². The summed E-state index contributed by atoms with van der Waals surface area (Å²) in [5.74, 6) is -1.19. The third-order valence-electron chi connectivity index (χ3n) is 3.16. The number of carbonyl (C=O) groups is 2. The van der Waals surface area contributed by atoms with E-state index in [0.717, 1.165) is 32.1 Å². The molecule has 0 saturated heterocycles. The Morgan fingerprint density at radius 3 is 2.56 bits per heavy atom. The highest BCUT2D eigenvalue weighted by molar-refractivity contribution is 5.78. The number of carboxylic acid groups (broad SMARTS) is 1. The predicted octanol–water partition coefficient (Wildman–Crippen LogP) is 1.94. The van der Waals surface area contributed by atoms with Gasteiger partial charge in [-0.1, -0.05) is 26.2 Å².